The van der Waals surface area contributed by atoms with Crippen LogP contribution in [-0.2, 0) is 13.6 Å². The Balaban J connectivity index is 1.95. The molecule has 0 saturated carbocycles. The highest BCUT2D eigenvalue weighted by molar-refractivity contribution is 7.07. The second kappa shape index (κ2) is 5.53. The van der Waals surface area contributed by atoms with Crippen LogP contribution in [0.1, 0.15) is 5.69 Å². The van der Waals surface area contributed by atoms with Gasteiger partial charge in [-0.2, -0.15) is 0 Å². The smallest absolute Gasteiger partial charge is 0.407 e. The van der Waals surface area contributed by atoms with Crippen LogP contribution in [0.5, 0.6) is 0 Å². The van der Waals surface area contributed by atoms with Gasteiger partial charge in [-0.1, -0.05) is 0 Å². The Kier molecular flexibility index (Phi) is 4.03. The highest BCUT2D eigenvalue weighted by Crippen LogP contribution is 2.08. The number of thiazole rings is 1. The molecular formula is C11H18N4O2S. The zero-order chi connectivity index (χ0) is 13.1. The van der Waals surface area contributed by atoms with Crippen molar-refractivity contribution in [2.45, 2.75) is 6.54 Å². The largest absolute Gasteiger partial charge is 0.465 e. The summed E-state index contributed by atoms with van der Waals surface area (Å²) in [5, 5.41) is 11.0. The SMILES string of the molecule is CN=c1scc(CN2CCN(C(=O)O)CC2)n1C. The monoisotopic (exact) mass is 270 g/mol. The van der Waals surface area contributed by atoms with E-state index in [1.54, 1.807) is 18.4 Å². The third-order valence-corrected chi connectivity index (χ3v) is 4.30. The highest BCUT2D eigenvalue weighted by Gasteiger charge is 2.20. The fourth-order valence-corrected chi connectivity index (χ4v) is 2.93. The van der Waals surface area contributed by atoms with Crippen LogP contribution < -0.4 is 4.80 Å². The predicted molar refractivity (Wildman–Crippen MR) is 69.7 cm³/mol. The van der Waals surface area contributed by atoms with Crippen LogP contribution in [-0.4, -0.2) is 58.8 Å². The van der Waals surface area contributed by atoms with Crippen molar-refractivity contribution in [2.75, 3.05) is 33.2 Å². The van der Waals surface area contributed by atoms with Crippen LogP contribution in [0.2, 0.25) is 0 Å². The van der Waals surface area contributed by atoms with E-state index >= 15 is 0 Å². The Bertz CT molecular complexity index is 485. The van der Waals surface area contributed by atoms with E-state index in [4.69, 9.17) is 5.11 Å². The first-order chi connectivity index (χ1) is 8.61. The molecule has 0 bridgehead atoms. The maximum Gasteiger partial charge on any atom is 0.407 e. The Hall–Kier alpha value is -1.34. The van der Waals surface area contributed by atoms with Crippen molar-refractivity contribution in [3.8, 4) is 0 Å². The molecule has 1 aromatic rings. The van der Waals surface area contributed by atoms with Gasteiger partial charge in [0.05, 0.1) is 0 Å². The van der Waals surface area contributed by atoms with E-state index in [0.717, 1.165) is 24.4 Å². The molecule has 1 aromatic heterocycles. The molecule has 1 fully saturated rings. The fourth-order valence-electron chi connectivity index (χ4n) is 2.07. The molecule has 100 valence electrons. The van der Waals surface area contributed by atoms with Crippen LogP contribution in [0.15, 0.2) is 10.4 Å². The van der Waals surface area contributed by atoms with Crippen molar-refractivity contribution < 1.29 is 9.90 Å². The van der Waals surface area contributed by atoms with Crippen molar-refractivity contribution in [1.82, 2.24) is 14.4 Å². The van der Waals surface area contributed by atoms with Gasteiger partial charge in [-0.3, -0.25) is 9.89 Å². The van der Waals surface area contributed by atoms with Gasteiger partial charge in [0.2, 0.25) is 0 Å². The second-order valence-corrected chi connectivity index (χ2v) is 5.17. The Morgan fingerprint density at radius 2 is 2.11 bits per heavy atom. The predicted octanol–water partition coefficient (Wildman–Crippen LogP) is 0.413. The lowest BCUT2D eigenvalue weighted by Crippen LogP contribution is -2.48. The third kappa shape index (κ3) is 2.73. The van der Waals surface area contributed by atoms with Gasteiger partial charge < -0.3 is 14.6 Å². The maximum absolute atomic E-state index is 10.8. The lowest BCUT2D eigenvalue weighted by Gasteiger charge is -2.32. The first-order valence-electron chi connectivity index (χ1n) is 5.88. The number of carboxylic acid groups (broad SMARTS) is 1. The summed E-state index contributed by atoms with van der Waals surface area (Å²) in [6.45, 7) is 3.62. The van der Waals surface area contributed by atoms with Crippen LogP contribution in [0.4, 0.5) is 4.79 Å². The lowest BCUT2D eigenvalue weighted by molar-refractivity contribution is 0.102. The molecule has 2 rings (SSSR count). The number of piperazine rings is 1. The van der Waals surface area contributed by atoms with Crippen LogP contribution >= 0.6 is 11.3 Å². The molecule has 0 atom stereocenters. The van der Waals surface area contributed by atoms with E-state index in [-0.39, 0.29) is 0 Å². The first kappa shape index (κ1) is 13.1. The Labute approximate surface area is 110 Å². The molecule has 1 amide bonds. The van der Waals surface area contributed by atoms with E-state index < -0.39 is 6.09 Å². The normalized spacial score (nSPS) is 18.3. The van der Waals surface area contributed by atoms with Crippen molar-refractivity contribution in [3.05, 3.63) is 15.9 Å². The van der Waals surface area contributed by atoms with Gasteiger partial charge in [0.1, 0.15) is 0 Å². The van der Waals surface area contributed by atoms with Gasteiger partial charge in [0.15, 0.2) is 4.80 Å². The van der Waals surface area contributed by atoms with E-state index in [2.05, 4.69) is 19.8 Å². The number of aromatic nitrogens is 1. The highest BCUT2D eigenvalue weighted by atomic mass is 32.1. The molecule has 1 saturated heterocycles. The minimum Gasteiger partial charge on any atom is -0.465 e. The van der Waals surface area contributed by atoms with Crippen molar-refractivity contribution >= 4 is 17.4 Å². The first-order valence-corrected chi connectivity index (χ1v) is 6.76. The van der Waals surface area contributed by atoms with E-state index in [9.17, 15) is 4.79 Å². The molecule has 1 N–H and O–H groups in total. The van der Waals surface area contributed by atoms with Gasteiger partial charge >= 0.3 is 6.09 Å². The third-order valence-electron chi connectivity index (χ3n) is 3.24. The molecular weight excluding hydrogens is 252 g/mol. The summed E-state index contributed by atoms with van der Waals surface area (Å²) in [6.07, 6.45) is -0.817. The van der Waals surface area contributed by atoms with Crippen molar-refractivity contribution in [1.29, 1.82) is 0 Å². The van der Waals surface area contributed by atoms with E-state index in [0.29, 0.717) is 13.1 Å². The summed E-state index contributed by atoms with van der Waals surface area (Å²) in [4.78, 5) is 19.8. The van der Waals surface area contributed by atoms with Crippen LogP contribution in [0.25, 0.3) is 0 Å². The molecule has 0 aromatic carbocycles. The number of rotatable bonds is 2. The Morgan fingerprint density at radius 3 is 2.61 bits per heavy atom. The van der Waals surface area contributed by atoms with Gasteiger partial charge in [-0.05, 0) is 0 Å². The summed E-state index contributed by atoms with van der Waals surface area (Å²) in [7, 11) is 3.81. The summed E-state index contributed by atoms with van der Waals surface area (Å²) in [5.41, 5.74) is 1.23. The molecule has 6 nitrogen and oxygen atoms in total. The van der Waals surface area contributed by atoms with Crippen molar-refractivity contribution in [3.63, 3.8) is 0 Å². The molecule has 7 heteroatoms. The standard InChI is InChI=1S/C11H18N4O2S/c1-12-10-13(2)9(8-18-10)7-14-3-5-15(6-4-14)11(16)17/h8H,3-7H2,1-2H3,(H,16,17). The minimum absolute atomic E-state index is 0.591. The molecule has 2 heterocycles. The van der Waals surface area contributed by atoms with Gasteiger partial charge in [0, 0.05) is 57.9 Å². The summed E-state index contributed by atoms with van der Waals surface area (Å²) in [6, 6.07) is 0. The number of carbonyl (C=O) groups is 1. The van der Waals surface area contributed by atoms with Gasteiger partial charge in [-0.15, -0.1) is 11.3 Å². The number of hydrogen-bond donors (Lipinski definition) is 1. The molecule has 0 radical (unpaired) electrons. The van der Waals surface area contributed by atoms with Gasteiger partial charge in [0.25, 0.3) is 0 Å². The quantitative estimate of drug-likeness (QED) is 0.847. The molecule has 1 aliphatic rings. The molecule has 0 spiro atoms. The Morgan fingerprint density at radius 1 is 1.44 bits per heavy atom. The second-order valence-electron chi connectivity index (χ2n) is 4.34. The summed E-state index contributed by atoms with van der Waals surface area (Å²) < 4.78 is 2.09. The number of hydrogen-bond acceptors (Lipinski definition) is 4. The number of nitrogens with zero attached hydrogens (tertiary/aromatic N) is 4. The average molecular weight is 270 g/mol. The zero-order valence-electron chi connectivity index (χ0n) is 10.7. The van der Waals surface area contributed by atoms with E-state index in [1.165, 1.54) is 10.6 Å². The van der Waals surface area contributed by atoms with Crippen molar-refractivity contribution in [2.24, 2.45) is 12.0 Å². The zero-order valence-corrected chi connectivity index (χ0v) is 11.5. The molecule has 0 unspecified atom stereocenters. The molecule has 1 aliphatic heterocycles. The topological polar surface area (TPSA) is 61.1 Å². The number of amides is 1. The summed E-state index contributed by atoms with van der Waals surface area (Å²) in [5.74, 6) is 0. The molecule has 0 aliphatic carbocycles. The van der Waals surface area contributed by atoms with Crippen LogP contribution in [0, 0.1) is 0 Å². The lowest BCUT2D eigenvalue weighted by atomic mass is 10.3. The summed E-state index contributed by atoms with van der Waals surface area (Å²) >= 11 is 1.64. The van der Waals surface area contributed by atoms with E-state index in [1.807, 2.05) is 7.05 Å². The fraction of sp³-hybridized carbons (Fsp3) is 0.636. The average Bonchev–Trinajstić information content (AvgIpc) is 2.71. The van der Waals surface area contributed by atoms with Gasteiger partial charge in [-0.25, -0.2) is 4.79 Å². The minimum atomic E-state index is -0.817. The maximum atomic E-state index is 10.8. The van der Waals surface area contributed by atoms with Crippen LogP contribution in [0.3, 0.4) is 0 Å². The molecule has 18 heavy (non-hydrogen) atoms.